The topological polar surface area (TPSA) is 44.1 Å². The molecule has 0 unspecified atom stereocenters. The van der Waals surface area contributed by atoms with E-state index in [2.05, 4.69) is 32.6 Å². The van der Waals surface area contributed by atoms with Crippen molar-refractivity contribution >= 4 is 45.1 Å². The van der Waals surface area contributed by atoms with Crippen molar-refractivity contribution in [3.63, 3.8) is 0 Å². The van der Waals surface area contributed by atoms with Crippen LogP contribution in [-0.2, 0) is 17.7 Å². The molecule has 0 spiro atoms. The van der Waals surface area contributed by atoms with Gasteiger partial charge < -0.3 is 9.30 Å². The number of hydrogen-bond acceptors (Lipinski definition) is 3. The molecular formula is C25H19BrCl2N2O2. The number of methoxy groups -OCH3 is 1. The molecule has 0 N–H and O–H groups in total. The Balaban J connectivity index is 1.69. The molecule has 1 aromatic heterocycles. The first kappa shape index (κ1) is 22.6. The molecule has 4 nitrogen and oxygen atoms in total. The largest absolute Gasteiger partial charge is 0.465 e. The second-order valence-corrected chi connectivity index (χ2v) is 9.05. The van der Waals surface area contributed by atoms with Crippen LogP contribution < -0.4 is 0 Å². The zero-order chi connectivity index (χ0) is 22.7. The highest BCUT2D eigenvalue weighted by Gasteiger charge is 2.14. The third-order valence-electron chi connectivity index (χ3n) is 5.07. The molecule has 0 saturated carbocycles. The first-order valence-corrected chi connectivity index (χ1v) is 11.4. The minimum atomic E-state index is -0.352. The van der Waals surface area contributed by atoms with Crippen LogP contribution in [0.1, 0.15) is 27.3 Å². The number of benzene rings is 3. The number of ether oxygens (including phenoxy) is 1. The van der Waals surface area contributed by atoms with Gasteiger partial charge in [0.1, 0.15) is 5.82 Å². The lowest BCUT2D eigenvalue weighted by atomic mass is 10.1. The highest BCUT2D eigenvalue weighted by atomic mass is 79.9. The molecule has 0 atom stereocenters. The van der Waals surface area contributed by atoms with Crippen LogP contribution in [-0.4, -0.2) is 22.6 Å². The highest BCUT2D eigenvalue weighted by molar-refractivity contribution is 9.10. The summed E-state index contributed by atoms with van der Waals surface area (Å²) in [6.45, 7) is 0.603. The third kappa shape index (κ3) is 5.23. The summed E-state index contributed by atoms with van der Waals surface area (Å²) in [6, 6.07) is 21.0. The predicted molar refractivity (Wildman–Crippen MR) is 132 cm³/mol. The maximum atomic E-state index is 11.7. The Morgan fingerprint density at radius 1 is 1.00 bits per heavy atom. The molecule has 0 aliphatic rings. The minimum absolute atomic E-state index is 0.352. The van der Waals surface area contributed by atoms with Gasteiger partial charge in [0.2, 0.25) is 0 Å². The fourth-order valence-electron chi connectivity index (χ4n) is 3.40. The maximum Gasteiger partial charge on any atom is 0.337 e. The smallest absolute Gasteiger partial charge is 0.337 e. The van der Waals surface area contributed by atoms with Crippen LogP contribution in [0, 0.1) is 0 Å². The zero-order valence-electron chi connectivity index (χ0n) is 17.2. The number of imidazole rings is 1. The molecule has 0 aliphatic heterocycles. The Morgan fingerprint density at radius 3 is 2.34 bits per heavy atom. The molecule has 0 aliphatic carbocycles. The van der Waals surface area contributed by atoms with Gasteiger partial charge in [0.25, 0.3) is 0 Å². The summed E-state index contributed by atoms with van der Waals surface area (Å²) in [4.78, 5) is 16.6. The van der Waals surface area contributed by atoms with Gasteiger partial charge in [-0.15, -0.1) is 0 Å². The lowest BCUT2D eigenvalue weighted by molar-refractivity contribution is 0.0600. The van der Waals surface area contributed by atoms with Crippen LogP contribution in [0.2, 0.25) is 10.0 Å². The van der Waals surface area contributed by atoms with Crippen LogP contribution in [0.5, 0.6) is 0 Å². The SMILES string of the molecule is COC(=O)c1ccc(Cn2cc(-c3ccc(Cl)cc3Cl)nc2Cc2ccc(Br)cc2)cc1. The molecule has 0 saturated heterocycles. The van der Waals surface area contributed by atoms with Gasteiger partial charge in [-0.1, -0.05) is 63.4 Å². The van der Waals surface area contributed by atoms with E-state index in [0.717, 1.165) is 32.7 Å². The van der Waals surface area contributed by atoms with E-state index in [4.69, 9.17) is 32.9 Å². The molecule has 0 fully saturated rings. The standard InChI is InChI=1S/C25H19BrCl2N2O2/c1-32-25(31)18-6-2-17(3-7-18)14-30-15-23(21-11-10-20(27)13-22(21)28)29-24(30)12-16-4-8-19(26)9-5-16/h2-11,13,15H,12,14H2,1H3. The van der Waals surface area contributed by atoms with Crippen LogP contribution in [0.4, 0.5) is 0 Å². The lowest BCUT2D eigenvalue weighted by Gasteiger charge is -2.09. The van der Waals surface area contributed by atoms with E-state index in [-0.39, 0.29) is 5.97 Å². The number of rotatable bonds is 6. The normalized spacial score (nSPS) is 10.9. The first-order chi connectivity index (χ1) is 15.4. The monoisotopic (exact) mass is 528 g/mol. The Labute approximate surface area is 204 Å². The fourth-order valence-corrected chi connectivity index (χ4v) is 4.17. The average Bonchev–Trinajstić information content (AvgIpc) is 3.17. The molecule has 0 amide bonds. The zero-order valence-corrected chi connectivity index (χ0v) is 20.3. The van der Waals surface area contributed by atoms with Crippen LogP contribution >= 0.6 is 39.1 Å². The van der Waals surface area contributed by atoms with Crippen LogP contribution in [0.15, 0.2) is 77.4 Å². The lowest BCUT2D eigenvalue weighted by Crippen LogP contribution is -2.06. The molecule has 1 heterocycles. The quantitative estimate of drug-likeness (QED) is 0.251. The van der Waals surface area contributed by atoms with Gasteiger partial charge in [-0.3, -0.25) is 0 Å². The molecule has 0 radical (unpaired) electrons. The molecule has 4 rings (SSSR count). The van der Waals surface area contributed by atoms with Crippen LogP contribution in [0.25, 0.3) is 11.3 Å². The van der Waals surface area contributed by atoms with Gasteiger partial charge >= 0.3 is 5.97 Å². The van der Waals surface area contributed by atoms with E-state index in [9.17, 15) is 4.79 Å². The molecule has 32 heavy (non-hydrogen) atoms. The average molecular weight is 530 g/mol. The van der Waals surface area contributed by atoms with Crippen molar-refractivity contribution in [3.8, 4) is 11.3 Å². The second-order valence-electron chi connectivity index (χ2n) is 7.29. The van der Waals surface area contributed by atoms with Gasteiger partial charge in [0.15, 0.2) is 0 Å². The van der Waals surface area contributed by atoms with E-state index in [1.807, 2.05) is 42.6 Å². The maximum absolute atomic E-state index is 11.7. The molecule has 162 valence electrons. The number of esters is 1. The number of halogens is 3. The minimum Gasteiger partial charge on any atom is -0.465 e. The van der Waals surface area contributed by atoms with Gasteiger partial charge in [0.05, 0.1) is 23.4 Å². The van der Waals surface area contributed by atoms with Crippen molar-refractivity contribution in [1.82, 2.24) is 9.55 Å². The predicted octanol–water partition coefficient (Wildman–Crippen LogP) is 7.05. The van der Waals surface area contributed by atoms with E-state index in [0.29, 0.717) is 28.6 Å². The third-order valence-corrected chi connectivity index (χ3v) is 6.15. The highest BCUT2D eigenvalue weighted by Crippen LogP contribution is 2.30. The van der Waals surface area contributed by atoms with Gasteiger partial charge in [-0.05, 0) is 53.6 Å². The van der Waals surface area contributed by atoms with Gasteiger partial charge in [-0.25, -0.2) is 9.78 Å². The van der Waals surface area contributed by atoms with Crippen molar-refractivity contribution in [3.05, 3.63) is 110 Å². The van der Waals surface area contributed by atoms with Crippen molar-refractivity contribution < 1.29 is 9.53 Å². The molecule has 3 aromatic carbocycles. The van der Waals surface area contributed by atoms with Crippen molar-refractivity contribution in [2.45, 2.75) is 13.0 Å². The number of nitrogens with zero attached hydrogens (tertiary/aromatic N) is 2. The van der Waals surface area contributed by atoms with E-state index >= 15 is 0 Å². The Hall–Kier alpha value is -2.60. The van der Waals surface area contributed by atoms with Crippen molar-refractivity contribution in [1.29, 1.82) is 0 Å². The van der Waals surface area contributed by atoms with Gasteiger partial charge in [-0.2, -0.15) is 0 Å². The summed E-state index contributed by atoms with van der Waals surface area (Å²) >= 11 is 16.0. The van der Waals surface area contributed by atoms with Crippen molar-refractivity contribution in [2.75, 3.05) is 7.11 Å². The number of carbonyl (C=O) groups excluding carboxylic acids is 1. The summed E-state index contributed by atoms with van der Waals surface area (Å²) in [5.41, 5.74) is 4.32. The Kier molecular flexibility index (Phi) is 6.99. The van der Waals surface area contributed by atoms with Gasteiger partial charge in [0, 0.05) is 34.2 Å². The summed E-state index contributed by atoms with van der Waals surface area (Å²) in [6.07, 6.45) is 2.66. The second kappa shape index (κ2) is 9.90. The molecular weight excluding hydrogens is 511 g/mol. The first-order valence-electron chi connectivity index (χ1n) is 9.86. The van der Waals surface area contributed by atoms with E-state index < -0.39 is 0 Å². The van der Waals surface area contributed by atoms with Crippen molar-refractivity contribution in [2.24, 2.45) is 0 Å². The summed E-state index contributed by atoms with van der Waals surface area (Å²) < 4.78 is 7.92. The molecule has 7 heteroatoms. The number of hydrogen-bond donors (Lipinski definition) is 0. The Morgan fingerprint density at radius 2 is 1.69 bits per heavy atom. The fraction of sp³-hybridized carbons (Fsp3) is 0.120. The molecule has 4 aromatic rings. The van der Waals surface area contributed by atoms with Crippen LogP contribution in [0.3, 0.4) is 0 Å². The van der Waals surface area contributed by atoms with E-state index in [1.165, 1.54) is 7.11 Å². The summed E-state index contributed by atoms with van der Waals surface area (Å²) in [5.74, 6) is 0.556. The molecule has 0 bridgehead atoms. The number of carbonyl (C=O) groups is 1. The Bertz CT molecular complexity index is 1250. The number of aromatic nitrogens is 2. The summed E-state index contributed by atoms with van der Waals surface area (Å²) in [5, 5.41) is 1.14. The summed E-state index contributed by atoms with van der Waals surface area (Å²) in [7, 11) is 1.37. The van der Waals surface area contributed by atoms with E-state index in [1.54, 1.807) is 18.2 Å².